The molecule has 0 fully saturated rings. The summed E-state index contributed by atoms with van der Waals surface area (Å²) in [5.74, 6) is 0. The van der Waals surface area contributed by atoms with Crippen LogP contribution in [0, 0.1) is 0 Å². The molecule has 0 aliphatic carbocycles. The minimum absolute atomic E-state index is 0.0230. The third kappa shape index (κ3) is 3.40. The van der Waals surface area contributed by atoms with E-state index in [1.54, 1.807) is 11.8 Å². The first-order valence-electron chi connectivity index (χ1n) is 5.31. The molecule has 2 N–H and O–H groups in total. The highest BCUT2D eigenvalue weighted by molar-refractivity contribution is 7.98. The van der Waals surface area contributed by atoms with Gasteiger partial charge in [0.05, 0.1) is 12.6 Å². The molecule has 0 saturated heterocycles. The van der Waals surface area contributed by atoms with Gasteiger partial charge in [-0.15, -0.1) is 11.8 Å². The van der Waals surface area contributed by atoms with E-state index in [2.05, 4.69) is 12.1 Å². The van der Waals surface area contributed by atoms with E-state index in [1.165, 1.54) is 4.90 Å². The number of aliphatic hydroxyl groups is 2. The Bertz CT molecular complexity index is 302. The monoisotopic (exact) mass is 241 g/mol. The summed E-state index contributed by atoms with van der Waals surface area (Å²) < 4.78 is 0. The number of benzene rings is 1. The lowest BCUT2D eigenvalue weighted by Crippen LogP contribution is -2.35. The Labute approximate surface area is 101 Å². The van der Waals surface area contributed by atoms with Gasteiger partial charge >= 0.3 is 0 Å². The number of rotatable bonds is 6. The molecule has 4 heteroatoms. The Hall–Kier alpha value is -0.710. The van der Waals surface area contributed by atoms with E-state index in [4.69, 9.17) is 5.11 Å². The number of likely N-dealkylation sites (N-methyl/N-ethyl adjacent to an activating group) is 1. The molecule has 0 amide bonds. The van der Waals surface area contributed by atoms with Gasteiger partial charge in [0.15, 0.2) is 0 Å². The fraction of sp³-hybridized carbons (Fsp3) is 0.500. The van der Waals surface area contributed by atoms with Gasteiger partial charge in [-0.05, 0) is 36.9 Å². The van der Waals surface area contributed by atoms with Gasteiger partial charge in [0.25, 0.3) is 0 Å². The van der Waals surface area contributed by atoms with Crippen molar-refractivity contribution in [2.75, 3.05) is 31.4 Å². The molecule has 0 spiro atoms. The highest BCUT2D eigenvalue weighted by Gasteiger charge is 2.13. The summed E-state index contributed by atoms with van der Waals surface area (Å²) in [6.07, 6.45) is 2.62. The molecule has 1 atom stereocenters. The Morgan fingerprint density at radius 1 is 1.25 bits per heavy atom. The van der Waals surface area contributed by atoms with E-state index in [0.29, 0.717) is 6.42 Å². The van der Waals surface area contributed by atoms with Gasteiger partial charge in [-0.3, -0.25) is 0 Å². The Morgan fingerprint density at radius 2 is 1.88 bits per heavy atom. The molecule has 0 saturated carbocycles. The molecule has 0 aromatic heterocycles. The SMILES string of the molecule is CSc1ccc(N(C)C(CO)CCO)cc1. The second kappa shape index (κ2) is 6.78. The van der Waals surface area contributed by atoms with Gasteiger partial charge in [-0.2, -0.15) is 0 Å². The molecule has 1 rings (SSSR count). The van der Waals surface area contributed by atoms with E-state index in [1.807, 2.05) is 30.3 Å². The molecule has 1 aromatic carbocycles. The topological polar surface area (TPSA) is 43.7 Å². The van der Waals surface area contributed by atoms with Gasteiger partial charge in [0.2, 0.25) is 0 Å². The molecule has 0 aliphatic rings. The van der Waals surface area contributed by atoms with Gasteiger partial charge in [0.1, 0.15) is 0 Å². The summed E-state index contributed by atoms with van der Waals surface area (Å²) in [6, 6.07) is 8.16. The molecule has 1 aromatic rings. The van der Waals surface area contributed by atoms with Crippen molar-refractivity contribution in [3.8, 4) is 0 Å². The van der Waals surface area contributed by atoms with Crippen LogP contribution in [0.5, 0.6) is 0 Å². The van der Waals surface area contributed by atoms with Crippen molar-refractivity contribution in [2.24, 2.45) is 0 Å². The van der Waals surface area contributed by atoms with Crippen LogP contribution in [0.15, 0.2) is 29.2 Å². The first kappa shape index (κ1) is 13.4. The van der Waals surface area contributed by atoms with Gasteiger partial charge in [-0.25, -0.2) is 0 Å². The number of thioether (sulfide) groups is 1. The second-order valence-corrected chi connectivity index (χ2v) is 4.54. The first-order chi connectivity index (χ1) is 7.72. The molecule has 0 heterocycles. The van der Waals surface area contributed by atoms with Crippen LogP contribution in [0.25, 0.3) is 0 Å². The maximum atomic E-state index is 9.23. The smallest absolute Gasteiger partial charge is 0.0635 e. The lowest BCUT2D eigenvalue weighted by atomic mass is 10.2. The van der Waals surface area contributed by atoms with E-state index >= 15 is 0 Å². The third-order valence-corrected chi connectivity index (χ3v) is 3.44. The highest BCUT2D eigenvalue weighted by Crippen LogP contribution is 2.21. The zero-order valence-electron chi connectivity index (χ0n) is 9.76. The van der Waals surface area contributed by atoms with Gasteiger partial charge in [0, 0.05) is 24.2 Å². The van der Waals surface area contributed by atoms with Crippen molar-refractivity contribution in [2.45, 2.75) is 17.4 Å². The van der Waals surface area contributed by atoms with Crippen molar-refractivity contribution >= 4 is 17.4 Å². The quantitative estimate of drug-likeness (QED) is 0.742. The molecule has 0 bridgehead atoms. The van der Waals surface area contributed by atoms with Crippen LogP contribution in [0.1, 0.15) is 6.42 Å². The van der Waals surface area contributed by atoms with Crippen molar-refractivity contribution in [3.05, 3.63) is 24.3 Å². The average Bonchev–Trinajstić information content (AvgIpc) is 2.35. The van der Waals surface area contributed by atoms with Crippen LogP contribution in [0.4, 0.5) is 5.69 Å². The van der Waals surface area contributed by atoms with Gasteiger partial charge < -0.3 is 15.1 Å². The molecule has 90 valence electrons. The van der Waals surface area contributed by atoms with Crippen LogP contribution in [-0.4, -0.2) is 42.8 Å². The lowest BCUT2D eigenvalue weighted by molar-refractivity contribution is 0.218. The van der Waals surface area contributed by atoms with E-state index in [-0.39, 0.29) is 19.3 Å². The minimum Gasteiger partial charge on any atom is -0.396 e. The van der Waals surface area contributed by atoms with Gasteiger partial charge in [-0.1, -0.05) is 0 Å². The predicted molar refractivity (Wildman–Crippen MR) is 69.2 cm³/mol. The van der Waals surface area contributed by atoms with Crippen LogP contribution in [-0.2, 0) is 0 Å². The molecule has 16 heavy (non-hydrogen) atoms. The number of nitrogens with zero attached hydrogens (tertiary/aromatic N) is 1. The maximum absolute atomic E-state index is 9.23. The summed E-state index contributed by atoms with van der Waals surface area (Å²) in [5, 5.41) is 18.1. The zero-order chi connectivity index (χ0) is 12.0. The summed E-state index contributed by atoms with van der Waals surface area (Å²) in [7, 11) is 1.94. The van der Waals surface area contributed by atoms with Crippen LogP contribution >= 0.6 is 11.8 Å². The number of hydrogen-bond acceptors (Lipinski definition) is 4. The molecule has 0 radical (unpaired) electrons. The lowest BCUT2D eigenvalue weighted by Gasteiger charge is -2.28. The zero-order valence-corrected chi connectivity index (χ0v) is 10.6. The van der Waals surface area contributed by atoms with Crippen molar-refractivity contribution in [1.82, 2.24) is 0 Å². The summed E-state index contributed by atoms with van der Waals surface area (Å²) >= 11 is 1.71. The summed E-state index contributed by atoms with van der Waals surface area (Å²) in [6.45, 7) is 0.153. The fourth-order valence-corrected chi connectivity index (χ4v) is 1.99. The number of hydrogen-bond donors (Lipinski definition) is 2. The Morgan fingerprint density at radius 3 is 2.31 bits per heavy atom. The van der Waals surface area contributed by atoms with E-state index < -0.39 is 0 Å². The minimum atomic E-state index is -0.0230. The average molecular weight is 241 g/mol. The maximum Gasteiger partial charge on any atom is 0.0635 e. The number of anilines is 1. The van der Waals surface area contributed by atoms with E-state index in [0.717, 1.165) is 5.69 Å². The Balaban J connectivity index is 2.73. The van der Waals surface area contributed by atoms with Crippen molar-refractivity contribution in [3.63, 3.8) is 0 Å². The Kier molecular flexibility index (Phi) is 5.66. The highest BCUT2D eigenvalue weighted by atomic mass is 32.2. The van der Waals surface area contributed by atoms with Crippen LogP contribution in [0.2, 0.25) is 0 Å². The first-order valence-corrected chi connectivity index (χ1v) is 6.54. The summed E-state index contributed by atoms with van der Waals surface area (Å²) in [4.78, 5) is 3.22. The predicted octanol–water partition coefficient (Wildman–Crippen LogP) is 1.59. The standard InChI is InChI=1S/C12H19NO2S/c1-13(11(9-15)7-8-14)10-3-5-12(16-2)6-4-10/h3-6,11,14-15H,7-9H2,1-2H3. The van der Waals surface area contributed by atoms with Crippen LogP contribution in [0.3, 0.4) is 0 Å². The third-order valence-electron chi connectivity index (χ3n) is 2.70. The van der Waals surface area contributed by atoms with E-state index in [9.17, 15) is 5.11 Å². The number of aliphatic hydroxyl groups excluding tert-OH is 2. The summed E-state index contributed by atoms with van der Waals surface area (Å²) in [5.41, 5.74) is 1.06. The van der Waals surface area contributed by atoms with Crippen LogP contribution < -0.4 is 4.90 Å². The molecular formula is C12H19NO2S. The fourth-order valence-electron chi connectivity index (χ4n) is 1.58. The molecular weight excluding hydrogens is 222 g/mol. The molecule has 0 aliphatic heterocycles. The normalized spacial score (nSPS) is 12.5. The van der Waals surface area contributed by atoms with Crippen molar-refractivity contribution in [1.29, 1.82) is 0 Å². The van der Waals surface area contributed by atoms with Crippen molar-refractivity contribution < 1.29 is 10.2 Å². The molecule has 3 nitrogen and oxygen atoms in total. The molecule has 1 unspecified atom stereocenters. The largest absolute Gasteiger partial charge is 0.396 e. The second-order valence-electron chi connectivity index (χ2n) is 3.66.